The molecule has 0 atom stereocenters. The summed E-state index contributed by atoms with van der Waals surface area (Å²) in [4.78, 5) is 0. The molecule has 0 unspecified atom stereocenters. The van der Waals surface area contributed by atoms with Gasteiger partial charge in [-0.3, -0.25) is 0 Å². The van der Waals surface area contributed by atoms with Gasteiger partial charge in [-0.25, -0.2) is 8.78 Å². The van der Waals surface area contributed by atoms with E-state index in [1.807, 2.05) is 0 Å². The topological polar surface area (TPSA) is 12.0 Å². The Bertz CT molecular complexity index is 508. The molecule has 88 valence electrons. The predicted molar refractivity (Wildman–Crippen MR) is 65.1 cm³/mol. The van der Waals surface area contributed by atoms with Crippen LogP contribution in [-0.2, 0) is 6.54 Å². The summed E-state index contributed by atoms with van der Waals surface area (Å²) in [5.41, 5.74) is 0.743. The van der Waals surface area contributed by atoms with Crippen molar-refractivity contribution in [3.05, 3.63) is 64.7 Å². The number of benzene rings is 2. The molecular weight excluding hydrogens is 244 g/mol. The highest BCUT2D eigenvalue weighted by Crippen LogP contribution is 2.18. The number of hydrogen-bond donors (Lipinski definition) is 1. The molecule has 0 aliphatic carbocycles. The highest BCUT2D eigenvalue weighted by molar-refractivity contribution is 6.30. The second kappa shape index (κ2) is 5.15. The quantitative estimate of drug-likeness (QED) is 0.863. The second-order valence-corrected chi connectivity index (χ2v) is 4.00. The first-order valence-electron chi connectivity index (χ1n) is 5.09. The van der Waals surface area contributed by atoms with Crippen molar-refractivity contribution in [1.82, 2.24) is 0 Å². The number of hydrogen-bond acceptors (Lipinski definition) is 1. The Hall–Kier alpha value is -1.61. The van der Waals surface area contributed by atoms with Crippen LogP contribution < -0.4 is 5.32 Å². The maximum atomic E-state index is 13.3. The molecule has 0 aliphatic heterocycles. The SMILES string of the molecule is Fc1cccc(F)c1CNc1cccc(Cl)c1. The maximum Gasteiger partial charge on any atom is 0.131 e. The van der Waals surface area contributed by atoms with Gasteiger partial charge in [-0.05, 0) is 30.3 Å². The lowest BCUT2D eigenvalue weighted by Crippen LogP contribution is -2.04. The molecule has 0 saturated carbocycles. The Morgan fingerprint density at radius 3 is 2.29 bits per heavy atom. The zero-order chi connectivity index (χ0) is 12.3. The van der Waals surface area contributed by atoms with Crippen LogP contribution in [0.3, 0.4) is 0 Å². The zero-order valence-corrected chi connectivity index (χ0v) is 9.64. The minimum atomic E-state index is -0.556. The largest absolute Gasteiger partial charge is 0.381 e. The number of rotatable bonds is 3. The summed E-state index contributed by atoms with van der Waals surface area (Å²) in [5.74, 6) is -1.11. The third-order valence-corrected chi connectivity index (χ3v) is 2.59. The molecule has 0 spiro atoms. The lowest BCUT2D eigenvalue weighted by atomic mass is 10.2. The fourth-order valence-corrected chi connectivity index (χ4v) is 1.68. The van der Waals surface area contributed by atoms with Gasteiger partial charge in [0.15, 0.2) is 0 Å². The first-order chi connectivity index (χ1) is 8.16. The van der Waals surface area contributed by atoms with Gasteiger partial charge in [-0.1, -0.05) is 23.7 Å². The van der Waals surface area contributed by atoms with Gasteiger partial charge in [0.05, 0.1) is 0 Å². The average Bonchev–Trinajstić information content (AvgIpc) is 2.28. The molecular formula is C13H10ClF2N. The highest BCUT2D eigenvalue weighted by Gasteiger charge is 2.07. The van der Waals surface area contributed by atoms with E-state index in [0.717, 1.165) is 5.69 Å². The lowest BCUT2D eigenvalue weighted by Gasteiger charge is -2.08. The Balaban J connectivity index is 2.13. The molecule has 0 radical (unpaired) electrons. The van der Waals surface area contributed by atoms with Gasteiger partial charge in [-0.2, -0.15) is 0 Å². The molecule has 0 saturated heterocycles. The van der Waals surface area contributed by atoms with Crippen LogP contribution in [-0.4, -0.2) is 0 Å². The molecule has 0 aliphatic rings. The van der Waals surface area contributed by atoms with E-state index in [4.69, 9.17) is 11.6 Å². The summed E-state index contributed by atoms with van der Waals surface area (Å²) in [6, 6.07) is 10.8. The van der Waals surface area contributed by atoms with Crippen molar-refractivity contribution in [1.29, 1.82) is 0 Å². The second-order valence-electron chi connectivity index (χ2n) is 3.56. The van der Waals surface area contributed by atoms with Gasteiger partial charge >= 0.3 is 0 Å². The average molecular weight is 254 g/mol. The van der Waals surface area contributed by atoms with Crippen LogP contribution in [0, 0.1) is 11.6 Å². The smallest absolute Gasteiger partial charge is 0.131 e. The van der Waals surface area contributed by atoms with Gasteiger partial charge < -0.3 is 5.32 Å². The summed E-state index contributed by atoms with van der Waals surface area (Å²) < 4.78 is 26.7. The number of anilines is 1. The first kappa shape index (κ1) is 11.9. The molecule has 0 amide bonds. The van der Waals surface area contributed by atoms with Crippen molar-refractivity contribution in [3.63, 3.8) is 0 Å². The molecule has 2 rings (SSSR count). The van der Waals surface area contributed by atoms with Gasteiger partial charge in [0.2, 0.25) is 0 Å². The van der Waals surface area contributed by atoms with Crippen LogP contribution in [0.4, 0.5) is 14.5 Å². The summed E-state index contributed by atoms with van der Waals surface area (Å²) in [5, 5.41) is 3.49. The molecule has 1 N–H and O–H groups in total. The number of halogens is 3. The fourth-order valence-electron chi connectivity index (χ4n) is 1.49. The van der Waals surface area contributed by atoms with E-state index in [2.05, 4.69) is 5.32 Å². The lowest BCUT2D eigenvalue weighted by molar-refractivity contribution is 0.560. The van der Waals surface area contributed by atoms with Crippen molar-refractivity contribution in [2.45, 2.75) is 6.54 Å². The third kappa shape index (κ3) is 2.94. The van der Waals surface area contributed by atoms with Crippen LogP contribution in [0.5, 0.6) is 0 Å². The minimum Gasteiger partial charge on any atom is -0.381 e. The van der Waals surface area contributed by atoms with E-state index in [-0.39, 0.29) is 12.1 Å². The predicted octanol–water partition coefficient (Wildman–Crippen LogP) is 4.23. The Labute approximate surface area is 103 Å². The van der Waals surface area contributed by atoms with E-state index < -0.39 is 11.6 Å². The molecule has 0 fully saturated rings. The van der Waals surface area contributed by atoms with Crippen LogP contribution in [0.1, 0.15) is 5.56 Å². The summed E-state index contributed by atoms with van der Waals surface area (Å²) in [6.45, 7) is 0.0822. The van der Waals surface area contributed by atoms with Crippen molar-refractivity contribution in [2.24, 2.45) is 0 Å². The molecule has 17 heavy (non-hydrogen) atoms. The Morgan fingerprint density at radius 2 is 1.65 bits per heavy atom. The highest BCUT2D eigenvalue weighted by atomic mass is 35.5. The first-order valence-corrected chi connectivity index (χ1v) is 5.47. The summed E-state index contributed by atoms with van der Waals surface area (Å²) in [7, 11) is 0. The fraction of sp³-hybridized carbons (Fsp3) is 0.0769. The third-order valence-electron chi connectivity index (χ3n) is 2.36. The van der Waals surface area contributed by atoms with Crippen molar-refractivity contribution in [2.75, 3.05) is 5.32 Å². The van der Waals surface area contributed by atoms with E-state index >= 15 is 0 Å². The van der Waals surface area contributed by atoms with Gasteiger partial charge in [0, 0.05) is 22.8 Å². The zero-order valence-electron chi connectivity index (χ0n) is 8.88. The van der Waals surface area contributed by atoms with E-state index in [1.165, 1.54) is 18.2 Å². The monoisotopic (exact) mass is 253 g/mol. The normalized spacial score (nSPS) is 10.3. The van der Waals surface area contributed by atoms with E-state index in [9.17, 15) is 8.78 Å². The molecule has 1 nitrogen and oxygen atoms in total. The van der Waals surface area contributed by atoms with Crippen LogP contribution in [0.15, 0.2) is 42.5 Å². The molecule has 0 aromatic heterocycles. The molecule has 2 aromatic carbocycles. The van der Waals surface area contributed by atoms with Crippen molar-refractivity contribution < 1.29 is 8.78 Å². The Morgan fingerprint density at radius 1 is 1.00 bits per heavy atom. The van der Waals surface area contributed by atoms with Crippen LogP contribution >= 0.6 is 11.6 Å². The number of nitrogens with one attached hydrogen (secondary N) is 1. The molecule has 4 heteroatoms. The molecule has 0 bridgehead atoms. The summed E-state index contributed by atoms with van der Waals surface area (Å²) in [6.07, 6.45) is 0. The Kier molecular flexibility index (Phi) is 3.59. The molecule has 2 aromatic rings. The van der Waals surface area contributed by atoms with Crippen LogP contribution in [0.2, 0.25) is 5.02 Å². The summed E-state index contributed by atoms with van der Waals surface area (Å²) >= 11 is 5.80. The molecule has 0 heterocycles. The van der Waals surface area contributed by atoms with Gasteiger partial charge in [0.25, 0.3) is 0 Å². The maximum absolute atomic E-state index is 13.3. The minimum absolute atomic E-state index is 0.0208. The van der Waals surface area contributed by atoms with Gasteiger partial charge in [0.1, 0.15) is 11.6 Å². The van der Waals surface area contributed by atoms with Crippen molar-refractivity contribution in [3.8, 4) is 0 Å². The van der Waals surface area contributed by atoms with Crippen LogP contribution in [0.25, 0.3) is 0 Å². The standard InChI is InChI=1S/C13H10ClF2N/c14-9-3-1-4-10(7-9)17-8-11-12(15)5-2-6-13(11)16/h1-7,17H,8H2. The van der Waals surface area contributed by atoms with Gasteiger partial charge in [-0.15, -0.1) is 0 Å². The van der Waals surface area contributed by atoms with E-state index in [0.29, 0.717) is 5.02 Å². The van der Waals surface area contributed by atoms with Crippen molar-refractivity contribution >= 4 is 17.3 Å². The van der Waals surface area contributed by atoms with E-state index in [1.54, 1.807) is 24.3 Å².